The molecule has 3 heteroatoms. The fourth-order valence-electron chi connectivity index (χ4n) is 5.73. The third-order valence-electron chi connectivity index (χ3n) is 8.02. The first-order chi connectivity index (χ1) is 15.6. The van der Waals surface area contributed by atoms with E-state index in [1.54, 1.807) is 26.6 Å². The molecule has 1 rings (SSSR count). The fraction of sp³-hybridized carbons (Fsp3) is 0.828. The molecule has 0 aliphatic heterocycles. The molecular formula is C29H57NSn2. The van der Waals surface area contributed by atoms with Crippen molar-refractivity contribution in [2.45, 2.75) is 145 Å². The van der Waals surface area contributed by atoms with Crippen LogP contribution >= 0.6 is 0 Å². The number of unbranched alkanes of at least 4 members (excludes halogenated alkanes) is 6. The first kappa shape index (κ1) is 30.8. The number of hydrogen-bond acceptors (Lipinski definition) is 1. The van der Waals surface area contributed by atoms with Gasteiger partial charge in [-0.05, 0) is 0 Å². The van der Waals surface area contributed by atoms with Gasteiger partial charge in [-0.25, -0.2) is 0 Å². The minimum absolute atomic E-state index is 1.36. The SMILES string of the molecule is CCC[CH2][Sn]([CH2]CCC)([CH2]CCC)[c]1cnc[c]([Sn]([CH2]CCC)([CH2]CCC)[CH2]CCC)c1. The molecule has 1 heterocycles. The van der Waals surface area contributed by atoms with E-state index >= 15 is 0 Å². The quantitative estimate of drug-likeness (QED) is 0.128. The molecule has 32 heavy (non-hydrogen) atoms. The zero-order valence-corrected chi connectivity index (χ0v) is 28.6. The topological polar surface area (TPSA) is 12.9 Å². The molecule has 1 aromatic rings. The van der Waals surface area contributed by atoms with Crippen LogP contribution in [-0.4, -0.2) is 41.7 Å². The molecule has 0 amide bonds. The van der Waals surface area contributed by atoms with E-state index in [-0.39, 0.29) is 0 Å². The normalized spacial score (nSPS) is 12.4. The Bertz CT molecular complexity index is 495. The Labute approximate surface area is 211 Å². The van der Waals surface area contributed by atoms with Crippen LogP contribution in [0.15, 0.2) is 18.5 Å². The number of aromatic nitrogens is 1. The van der Waals surface area contributed by atoms with Crippen molar-refractivity contribution in [1.82, 2.24) is 4.98 Å². The van der Waals surface area contributed by atoms with Crippen molar-refractivity contribution in [1.29, 1.82) is 0 Å². The van der Waals surface area contributed by atoms with Gasteiger partial charge < -0.3 is 0 Å². The summed E-state index contributed by atoms with van der Waals surface area (Å²) < 4.78 is 13.1. The van der Waals surface area contributed by atoms with Crippen LogP contribution in [0.3, 0.4) is 0 Å². The molecule has 0 bridgehead atoms. The fourth-order valence-corrected chi connectivity index (χ4v) is 38.4. The molecule has 0 unspecified atom stereocenters. The maximum absolute atomic E-state index is 5.07. The van der Waals surface area contributed by atoms with Crippen LogP contribution in [0, 0.1) is 0 Å². The molecule has 1 nitrogen and oxygen atoms in total. The van der Waals surface area contributed by atoms with E-state index in [1.165, 1.54) is 77.0 Å². The van der Waals surface area contributed by atoms with E-state index in [0.717, 1.165) is 0 Å². The van der Waals surface area contributed by atoms with Crippen molar-refractivity contribution in [3.05, 3.63) is 18.5 Å². The van der Waals surface area contributed by atoms with E-state index in [2.05, 4.69) is 60.0 Å². The number of hydrogen-bond donors (Lipinski definition) is 0. The summed E-state index contributed by atoms with van der Waals surface area (Å²) in [6, 6.07) is 2.85. The second kappa shape index (κ2) is 18.1. The number of rotatable bonds is 20. The molecule has 1 aromatic heterocycles. The summed E-state index contributed by atoms with van der Waals surface area (Å²) in [5.41, 5.74) is 0. The Hall–Kier alpha value is 0.747. The Morgan fingerprint density at radius 3 is 0.938 bits per heavy atom. The standard InChI is InChI=1S/C5H3N.6C4H9.2Sn/c1-2-4-6-5-3-1;6*1-3-4-2;;/h1,4-5H;6*1,3-4H2,2H3;;. The first-order valence-corrected chi connectivity index (χ1v) is 29.5. The van der Waals surface area contributed by atoms with Crippen molar-refractivity contribution in [2.75, 3.05) is 0 Å². The van der Waals surface area contributed by atoms with E-state index in [1.807, 2.05) is 7.16 Å². The summed E-state index contributed by atoms with van der Waals surface area (Å²) >= 11 is -4.81. The molecule has 0 aliphatic rings. The minimum atomic E-state index is -2.41. The molecule has 186 valence electrons. The summed E-state index contributed by atoms with van der Waals surface area (Å²) in [4.78, 5) is 5.07. The van der Waals surface area contributed by atoms with Crippen molar-refractivity contribution >= 4 is 43.9 Å². The van der Waals surface area contributed by atoms with E-state index in [4.69, 9.17) is 4.98 Å². The Morgan fingerprint density at radius 1 is 0.469 bits per heavy atom. The summed E-state index contributed by atoms with van der Waals surface area (Å²) in [5, 5.41) is 0. The van der Waals surface area contributed by atoms with Crippen LogP contribution in [-0.2, 0) is 0 Å². The van der Waals surface area contributed by atoms with Crippen LogP contribution in [0.25, 0.3) is 0 Å². The third kappa shape index (κ3) is 9.78. The van der Waals surface area contributed by atoms with Gasteiger partial charge in [0.05, 0.1) is 0 Å². The van der Waals surface area contributed by atoms with Crippen LogP contribution in [0.5, 0.6) is 0 Å². The van der Waals surface area contributed by atoms with Gasteiger partial charge in [0.15, 0.2) is 0 Å². The molecule has 0 aliphatic carbocycles. The van der Waals surface area contributed by atoms with Crippen LogP contribution in [0.1, 0.15) is 119 Å². The third-order valence-corrected chi connectivity index (χ3v) is 39.0. The average Bonchev–Trinajstić information content (AvgIpc) is 2.83. The van der Waals surface area contributed by atoms with Gasteiger partial charge in [-0.3, -0.25) is 0 Å². The molecule has 0 N–H and O–H groups in total. The van der Waals surface area contributed by atoms with Gasteiger partial charge in [0.1, 0.15) is 0 Å². The van der Waals surface area contributed by atoms with Crippen molar-refractivity contribution in [3.63, 3.8) is 0 Å². The van der Waals surface area contributed by atoms with Crippen LogP contribution < -0.4 is 7.16 Å². The molecule has 0 fully saturated rings. The second-order valence-corrected chi connectivity index (χ2v) is 37.1. The van der Waals surface area contributed by atoms with E-state index in [0.29, 0.717) is 0 Å². The second-order valence-electron chi connectivity index (χ2n) is 10.6. The molecule has 0 saturated heterocycles. The zero-order chi connectivity index (χ0) is 23.7. The predicted octanol–water partition coefficient (Wildman–Crippen LogP) is 9.19. The first-order valence-electron chi connectivity index (χ1n) is 14.5. The molecule has 0 radical (unpaired) electrons. The number of pyridine rings is 1. The summed E-state index contributed by atoms with van der Waals surface area (Å²) in [5.74, 6) is 0. The zero-order valence-electron chi connectivity index (χ0n) is 22.9. The van der Waals surface area contributed by atoms with Gasteiger partial charge in [-0.1, -0.05) is 0 Å². The van der Waals surface area contributed by atoms with Crippen LogP contribution in [0.4, 0.5) is 0 Å². The Kier molecular flexibility index (Phi) is 17.4. The van der Waals surface area contributed by atoms with Crippen LogP contribution in [0.2, 0.25) is 26.6 Å². The molecular weight excluding hydrogens is 600 g/mol. The molecule has 0 saturated carbocycles. The Morgan fingerprint density at radius 2 is 0.719 bits per heavy atom. The number of nitrogens with zero attached hydrogens (tertiary/aromatic N) is 1. The van der Waals surface area contributed by atoms with Gasteiger partial charge in [0, 0.05) is 0 Å². The van der Waals surface area contributed by atoms with Gasteiger partial charge in [0.25, 0.3) is 0 Å². The molecule has 0 atom stereocenters. The van der Waals surface area contributed by atoms with Crippen molar-refractivity contribution in [3.8, 4) is 0 Å². The van der Waals surface area contributed by atoms with Gasteiger partial charge >= 0.3 is 213 Å². The van der Waals surface area contributed by atoms with Gasteiger partial charge in [-0.2, -0.15) is 0 Å². The molecule has 0 spiro atoms. The van der Waals surface area contributed by atoms with Gasteiger partial charge in [-0.15, -0.1) is 0 Å². The summed E-state index contributed by atoms with van der Waals surface area (Å²) in [6.07, 6.45) is 21.6. The summed E-state index contributed by atoms with van der Waals surface area (Å²) in [7, 11) is 0. The molecule has 0 aromatic carbocycles. The summed E-state index contributed by atoms with van der Waals surface area (Å²) in [6.45, 7) is 14.4. The van der Waals surface area contributed by atoms with Crippen molar-refractivity contribution < 1.29 is 0 Å². The van der Waals surface area contributed by atoms with Gasteiger partial charge in [0.2, 0.25) is 0 Å². The Balaban J connectivity index is 3.49. The van der Waals surface area contributed by atoms with Crippen molar-refractivity contribution in [2.24, 2.45) is 0 Å². The predicted molar refractivity (Wildman–Crippen MR) is 153 cm³/mol. The monoisotopic (exact) mass is 659 g/mol. The van der Waals surface area contributed by atoms with E-state index < -0.39 is 36.8 Å². The van der Waals surface area contributed by atoms with E-state index in [9.17, 15) is 0 Å². The average molecular weight is 657 g/mol. The maximum atomic E-state index is 5.07.